The molecule has 0 spiro atoms. The Bertz CT molecular complexity index is 1100. The lowest BCUT2D eigenvalue weighted by Gasteiger charge is -2.27. The minimum absolute atomic E-state index is 0.330. The summed E-state index contributed by atoms with van der Waals surface area (Å²) < 4.78 is 7.86. The van der Waals surface area contributed by atoms with E-state index in [1.807, 2.05) is 70.2 Å². The number of nitrogen functional groups attached to an aromatic ring is 1. The average molecular weight is 375 g/mol. The number of fused-ring (bicyclic) bond motifs is 1. The highest BCUT2D eigenvalue weighted by Gasteiger charge is 2.45. The molecular weight excluding hydrogens is 350 g/mol. The van der Waals surface area contributed by atoms with Crippen molar-refractivity contribution in [2.45, 2.75) is 19.4 Å². The van der Waals surface area contributed by atoms with Crippen molar-refractivity contribution in [3.63, 3.8) is 0 Å². The van der Waals surface area contributed by atoms with Gasteiger partial charge in [-0.1, -0.05) is 18.2 Å². The van der Waals surface area contributed by atoms with Gasteiger partial charge in [-0.25, -0.2) is 4.79 Å². The van der Waals surface area contributed by atoms with Gasteiger partial charge in [0, 0.05) is 67.2 Å². The quantitative estimate of drug-likeness (QED) is 0.553. The maximum Gasteiger partial charge on any atom is 0.339 e. The Hall–Kier alpha value is -3.21. The maximum atomic E-state index is 12.7. The number of anilines is 2. The lowest BCUT2D eigenvalue weighted by molar-refractivity contribution is 0.0179. The second kappa shape index (κ2) is 6.16. The zero-order valence-electron chi connectivity index (χ0n) is 16.9. The van der Waals surface area contributed by atoms with Gasteiger partial charge in [0.1, 0.15) is 0 Å². The third-order valence-electron chi connectivity index (χ3n) is 5.64. The lowest BCUT2D eigenvalue weighted by atomic mass is 9.81. The van der Waals surface area contributed by atoms with Crippen LogP contribution in [-0.4, -0.2) is 24.6 Å². The fourth-order valence-corrected chi connectivity index (χ4v) is 4.33. The van der Waals surface area contributed by atoms with E-state index in [0.717, 1.165) is 33.5 Å². The topological polar surface area (TPSA) is 60.5 Å². The van der Waals surface area contributed by atoms with Crippen LogP contribution in [0.2, 0.25) is 0 Å². The van der Waals surface area contributed by atoms with Crippen LogP contribution in [0.3, 0.4) is 0 Å². The van der Waals surface area contributed by atoms with Gasteiger partial charge >= 0.3 is 5.97 Å². The number of benzene rings is 2. The fraction of sp³-hybridized carbons (Fsp3) is 0.261. The molecule has 1 aromatic heterocycles. The van der Waals surface area contributed by atoms with E-state index in [9.17, 15) is 4.79 Å². The van der Waals surface area contributed by atoms with Crippen LogP contribution in [-0.2, 0) is 17.4 Å². The predicted octanol–water partition coefficient (Wildman–Crippen LogP) is 4.08. The van der Waals surface area contributed by atoms with Gasteiger partial charge in [-0.15, -0.1) is 0 Å². The van der Waals surface area contributed by atoms with Gasteiger partial charge in [0.05, 0.1) is 5.56 Å². The van der Waals surface area contributed by atoms with Gasteiger partial charge < -0.3 is 19.9 Å². The summed E-state index contributed by atoms with van der Waals surface area (Å²) >= 11 is 0. The highest BCUT2D eigenvalue weighted by Crippen LogP contribution is 2.48. The van der Waals surface area contributed by atoms with Gasteiger partial charge in [-0.2, -0.15) is 0 Å². The molecule has 0 bridgehead atoms. The Morgan fingerprint density at radius 2 is 1.86 bits per heavy atom. The van der Waals surface area contributed by atoms with Gasteiger partial charge in [-0.05, 0) is 37.6 Å². The summed E-state index contributed by atoms with van der Waals surface area (Å²) in [4.78, 5) is 14.8. The molecule has 28 heavy (non-hydrogen) atoms. The van der Waals surface area contributed by atoms with Crippen molar-refractivity contribution in [2.75, 3.05) is 24.7 Å². The van der Waals surface area contributed by atoms with E-state index in [0.29, 0.717) is 11.3 Å². The minimum Gasteiger partial charge on any atom is -0.446 e. The first-order valence-electron chi connectivity index (χ1n) is 9.30. The van der Waals surface area contributed by atoms with Crippen LogP contribution in [0.25, 0.3) is 11.1 Å². The molecule has 1 unspecified atom stereocenters. The monoisotopic (exact) mass is 375 g/mol. The number of cyclic esters (lactones) is 1. The molecule has 144 valence electrons. The summed E-state index contributed by atoms with van der Waals surface area (Å²) in [6.45, 7) is 3.98. The number of aromatic nitrogens is 1. The maximum absolute atomic E-state index is 12.7. The van der Waals surface area contributed by atoms with Crippen LogP contribution in [0.15, 0.2) is 48.8 Å². The van der Waals surface area contributed by atoms with E-state index < -0.39 is 5.60 Å². The summed E-state index contributed by atoms with van der Waals surface area (Å²) in [6.07, 6.45) is 3.95. The summed E-state index contributed by atoms with van der Waals surface area (Å²) in [7, 11) is 5.98. The number of hydrogen-bond acceptors (Lipinski definition) is 4. The van der Waals surface area contributed by atoms with E-state index in [4.69, 9.17) is 10.5 Å². The minimum atomic E-state index is -0.840. The Balaban J connectivity index is 2.02. The number of carbonyl (C=O) groups excluding carboxylic acids is 1. The molecule has 3 aromatic rings. The molecule has 0 fully saturated rings. The number of nitrogens with two attached hydrogens (primary N) is 1. The second-order valence-corrected chi connectivity index (χ2v) is 7.79. The van der Waals surface area contributed by atoms with E-state index >= 15 is 0 Å². The number of hydrogen-bond donors (Lipinski definition) is 1. The van der Waals surface area contributed by atoms with E-state index in [-0.39, 0.29) is 5.97 Å². The molecule has 1 atom stereocenters. The number of carbonyl (C=O) groups is 1. The lowest BCUT2D eigenvalue weighted by Crippen LogP contribution is -2.24. The van der Waals surface area contributed by atoms with Crippen molar-refractivity contribution in [1.82, 2.24) is 4.57 Å². The third kappa shape index (κ3) is 2.50. The molecular formula is C23H25N3O2. The van der Waals surface area contributed by atoms with Crippen LogP contribution in [0.1, 0.15) is 34.0 Å². The number of ether oxygens (including phenoxy) is 1. The molecule has 0 saturated heterocycles. The summed E-state index contributed by atoms with van der Waals surface area (Å²) in [6, 6.07) is 11.9. The first kappa shape index (κ1) is 18.2. The van der Waals surface area contributed by atoms with Crippen molar-refractivity contribution in [1.29, 1.82) is 0 Å². The Morgan fingerprint density at radius 3 is 2.50 bits per heavy atom. The molecule has 0 radical (unpaired) electrons. The summed E-state index contributed by atoms with van der Waals surface area (Å²) in [5, 5.41) is 0. The van der Waals surface area contributed by atoms with Crippen LogP contribution in [0.5, 0.6) is 0 Å². The molecule has 4 rings (SSSR count). The molecule has 0 saturated carbocycles. The van der Waals surface area contributed by atoms with Crippen molar-refractivity contribution >= 4 is 17.3 Å². The standard InChI is InChI=1S/C23H25N3O2/c1-14-20(16-8-6-7-9-19(16)25(3)4)18(24)12-17-21(14)23(2,28-22(17)27)15-10-11-26(5)13-15/h6-13H,24H2,1-5H3. The van der Waals surface area contributed by atoms with Crippen molar-refractivity contribution in [2.24, 2.45) is 7.05 Å². The molecule has 5 nitrogen and oxygen atoms in total. The number of nitrogens with zero attached hydrogens (tertiary/aromatic N) is 2. The van der Waals surface area contributed by atoms with Gasteiger partial charge in [0.2, 0.25) is 0 Å². The Morgan fingerprint density at radius 1 is 1.14 bits per heavy atom. The van der Waals surface area contributed by atoms with Crippen LogP contribution >= 0.6 is 0 Å². The largest absolute Gasteiger partial charge is 0.446 e. The van der Waals surface area contributed by atoms with Gasteiger partial charge in [0.15, 0.2) is 5.60 Å². The van der Waals surface area contributed by atoms with Crippen molar-refractivity contribution in [3.8, 4) is 11.1 Å². The Kier molecular flexibility index (Phi) is 4.00. The normalized spacial score (nSPS) is 18.1. The van der Waals surface area contributed by atoms with Crippen molar-refractivity contribution in [3.05, 3.63) is 71.0 Å². The van der Waals surface area contributed by atoms with Crippen LogP contribution in [0.4, 0.5) is 11.4 Å². The van der Waals surface area contributed by atoms with E-state index in [2.05, 4.69) is 17.0 Å². The summed E-state index contributed by atoms with van der Waals surface area (Å²) in [5.41, 5.74) is 12.6. The highest BCUT2D eigenvalue weighted by molar-refractivity contribution is 6.01. The Labute approximate surface area is 165 Å². The number of aryl methyl sites for hydroxylation is 1. The first-order valence-corrected chi connectivity index (χ1v) is 9.30. The molecule has 1 aliphatic rings. The predicted molar refractivity (Wildman–Crippen MR) is 113 cm³/mol. The zero-order chi connectivity index (χ0) is 20.2. The number of para-hydroxylation sites is 1. The molecule has 2 aromatic carbocycles. The number of rotatable bonds is 3. The second-order valence-electron chi connectivity index (χ2n) is 7.79. The van der Waals surface area contributed by atoms with Crippen LogP contribution in [0, 0.1) is 6.92 Å². The number of esters is 1. The molecule has 2 heterocycles. The van der Waals surface area contributed by atoms with Gasteiger partial charge in [-0.3, -0.25) is 0 Å². The molecule has 1 aliphatic heterocycles. The summed E-state index contributed by atoms with van der Waals surface area (Å²) in [5.74, 6) is -0.330. The van der Waals surface area contributed by atoms with Crippen molar-refractivity contribution < 1.29 is 9.53 Å². The average Bonchev–Trinajstić information content (AvgIpc) is 3.18. The zero-order valence-corrected chi connectivity index (χ0v) is 16.9. The first-order chi connectivity index (χ1) is 13.2. The molecule has 5 heteroatoms. The van der Waals surface area contributed by atoms with E-state index in [1.165, 1.54) is 0 Å². The van der Waals surface area contributed by atoms with Crippen LogP contribution < -0.4 is 10.6 Å². The third-order valence-corrected chi connectivity index (χ3v) is 5.64. The fourth-order valence-electron chi connectivity index (χ4n) is 4.33. The smallest absolute Gasteiger partial charge is 0.339 e. The molecule has 0 amide bonds. The molecule has 2 N–H and O–H groups in total. The van der Waals surface area contributed by atoms with Gasteiger partial charge in [0.25, 0.3) is 0 Å². The molecule has 0 aliphatic carbocycles. The highest BCUT2D eigenvalue weighted by atomic mass is 16.6. The van der Waals surface area contributed by atoms with E-state index in [1.54, 1.807) is 6.07 Å². The SMILES string of the molecule is Cc1c(-c2ccccc2N(C)C)c(N)cc2c1C(C)(c1ccn(C)c1)OC2=O.